The molecule has 0 saturated carbocycles. The van der Waals surface area contributed by atoms with Gasteiger partial charge < -0.3 is 19.8 Å². The van der Waals surface area contributed by atoms with E-state index >= 15 is 0 Å². The Balaban J connectivity index is 2.26. The van der Waals surface area contributed by atoms with E-state index in [-0.39, 0.29) is 12.5 Å². The van der Waals surface area contributed by atoms with Crippen molar-refractivity contribution in [1.82, 2.24) is 10.1 Å². The summed E-state index contributed by atoms with van der Waals surface area (Å²) >= 11 is 0. The monoisotopic (exact) mass is 195 g/mol. The fourth-order valence-electron chi connectivity index (χ4n) is 0.973. The van der Waals surface area contributed by atoms with Crippen LogP contribution in [0.5, 0.6) is 0 Å². The van der Waals surface area contributed by atoms with Gasteiger partial charge in [-0.3, -0.25) is 0 Å². The van der Waals surface area contributed by atoms with Gasteiger partial charge >= 0.3 is 0 Å². The maximum absolute atomic E-state index is 8.76. The molecule has 0 spiro atoms. The molecular weight excluding hydrogens is 186 g/mol. The molecule has 6 nitrogen and oxygen atoms in total. The number of aromatic nitrogens is 2. The van der Waals surface area contributed by atoms with Gasteiger partial charge in [-0.25, -0.2) is 0 Å². The third kappa shape index (κ3) is 1.52. The van der Waals surface area contributed by atoms with Crippen LogP contribution in [-0.2, 0) is 0 Å². The largest absolute Gasteiger partial charge is 0.472 e. The number of furan rings is 1. The fourth-order valence-corrected chi connectivity index (χ4v) is 0.973. The van der Waals surface area contributed by atoms with Crippen LogP contribution in [0.3, 0.4) is 0 Å². The lowest BCUT2D eigenvalue weighted by Gasteiger charge is -1.98. The van der Waals surface area contributed by atoms with E-state index in [0.717, 1.165) is 0 Å². The van der Waals surface area contributed by atoms with Crippen LogP contribution in [0.2, 0.25) is 0 Å². The number of hydrogen-bond acceptors (Lipinski definition) is 6. The molecule has 0 fully saturated rings. The van der Waals surface area contributed by atoms with Crippen molar-refractivity contribution in [2.75, 3.05) is 6.61 Å². The molecule has 2 aromatic heterocycles. The minimum atomic E-state index is -0.636. The minimum Gasteiger partial charge on any atom is -0.472 e. The average molecular weight is 195 g/mol. The molecule has 1 atom stereocenters. The first-order chi connectivity index (χ1) is 6.81. The average Bonchev–Trinajstić information content (AvgIpc) is 2.86. The maximum Gasteiger partial charge on any atom is 0.246 e. The molecule has 0 amide bonds. The van der Waals surface area contributed by atoms with Crippen molar-refractivity contribution in [3.8, 4) is 11.4 Å². The number of nitrogens with two attached hydrogens (primary N) is 1. The molecule has 0 aromatic carbocycles. The first-order valence-electron chi connectivity index (χ1n) is 4.04. The Labute approximate surface area is 79.3 Å². The van der Waals surface area contributed by atoms with Crippen molar-refractivity contribution in [2.45, 2.75) is 6.04 Å². The third-order valence-electron chi connectivity index (χ3n) is 1.74. The van der Waals surface area contributed by atoms with Gasteiger partial charge in [0.25, 0.3) is 0 Å². The van der Waals surface area contributed by atoms with E-state index in [1.807, 2.05) is 0 Å². The number of nitrogens with zero attached hydrogens (tertiary/aromatic N) is 2. The van der Waals surface area contributed by atoms with Crippen LogP contribution in [0.1, 0.15) is 11.9 Å². The zero-order valence-electron chi connectivity index (χ0n) is 7.25. The Hall–Kier alpha value is -1.66. The van der Waals surface area contributed by atoms with Gasteiger partial charge in [0.1, 0.15) is 12.3 Å². The van der Waals surface area contributed by atoms with Gasteiger partial charge in [0.05, 0.1) is 18.4 Å². The van der Waals surface area contributed by atoms with Crippen molar-refractivity contribution in [2.24, 2.45) is 5.73 Å². The summed E-state index contributed by atoms with van der Waals surface area (Å²) in [5, 5.41) is 12.4. The van der Waals surface area contributed by atoms with Crippen LogP contribution in [-0.4, -0.2) is 21.9 Å². The van der Waals surface area contributed by atoms with Crippen LogP contribution in [0.15, 0.2) is 27.5 Å². The Bertz CT molecular complexity index is 396. The standard InChI is InChI=1S/C8H9N3O3/c9-6(3-12)8-10-7(11-14-8)5-1-2-13-4-5/h1-2,4,6,12H,3,9H2. The molecule has 1 unspecified atom stereocenters. The van der Waals surface area contributed by atoms with Crippen LogP contribution in [0.25, 0.3) is 11.4 Å². The predicted molar refractivity (Wildman–Crippen MR) is 46.0 cm³/mol. The number of hydrogen-bond donors (Lipinski definition) is 2. The molecule has 2 heterocycles. The number of rotatable bonds is 3. The highest BCUT2D eigenvalue weighted by molar-refractivity contribution is 5.51. The van der Waals surface area contributed by atoms with E-state index in [2.05, 4.69) is 10.1 Å². The van der Waals surface area contributed by atoms with Crippen molar-refractivity contribution >= 4 is 0 Å². The van der Waals surface area contributed by atoms with Crippen LogP contribution in [0.4, 0.5) is 0 Å². The van der Waals surface area contributed by atoms with Gasteiger partial charge in [0, 0.05) is 0 Å². The summed E-state index contributed by atoms with van der Waals surface area (Å²) < 4.78 is 9.72. The molecule has 0 aliphatic rings. The van der Waals surface area contributed by atoms with E-state index in [0.29, 0.717) is 11.4 Å². The molecule has 0 aliphatic heterocycles. The Morgan fingerprint density at radius 1 is 1.57 bits per heavy atom. The molecule has 0 radical (unpaired) electrons. The molecule has 0 saturated heterocycles. The highest BCUT2D eigenvalue weighted by Crippen LogP contribution is 2.17. The van der Waals surface area contributed by atoms with Crippen molar-refractivity contribution in [3.05, 3.63) is 24.5 Å². The molecule has 74 valence electrons. The molecular formula is C8H9N3O3. The molecule has 0 aliphatic carbocycles. The molecule has 0 bridgehead atoms. The van der Waals surface area contributed by atoms with E-state index < -0.39 is 6.04 Å². The normalized spacial score (nSPS) is 13.0. The summed E-state index contributed by atoms with van der Waals surface area (Å²) in [6.45, 7) is -0.229. The first kappa shape index (κ1) is 8.92. The van der Waals surface area contributed by atoms with Gasteiger partial charge in [-0.15, -0.1) is 0 Å². The van der Waals surface area contributed by atoms with E-state index in [1.54, 1.807) is 6.07 Å². The molecule has 3 N–H and O–H groups in total. The third-order valence-corrected chi connectivity index (χ3v) is 1.74. The number of aliphatic hydroxyl groups is 1. The fraction of sp³-hybridized carbons (Fsp3) is 0.250. The quantitative estimate of drug-likeness (QED) is 0.731. The van der Waals surface area contributed by atoms with E-state index in [4.69, 9.17) is 19.8 Å². The second-order valence-corrected chi connectivity index (χ2v) is 2.76. The lowest BCUT2D eigenvalue weighted by molar-refractivity contribution is 0.237. The summed E-state index contributed by atoms with van der Waals surface area (Å²) in [7, 11) is 0. The smallest absolute Gasteiger partial charge is 0.246 e. The Morgan fingerprint density at radius 3 is 3.07 bits per heavy atom. The summed E-state index contributed by atoms with van der Waals surface area (Å²) in [5.74, 6) is 0.612. The SMILES string of the molecule is NC(CO)c1nc(-c2ccoc2)no1. The second-order valence-electron chi connectivity index (χ2n) is 2.76. The van der Waals surface area contributed by atoms with Crippen molar-refractivity contribution in [1.29, 1.82) is 0 Å². The Morgan fingerprint density at radius 2 is 2.43 bits per heavy atom. The van der Waals surface area contributed by atoms with Crippen molar-refractivity contribution < 1.29 is 14.0 Å². The summed E-state index contributed by atoms with van der Waals surface area (Å²) in [6, 6.07) is 1.07. The molecule has 6 heteroatoms. The predicted octanol–water partition coefficient (Wildman–Crippen LogP) is 0.322. The van der Waals surface area contributed by atoms with Crippen LogP contribution in [0, 0.1) is 0 Å². The molecule has 14 heavy (non-hydrogen) atoms. The topological polar surface area (TPSA) is 98.3 Å². The summed E-state index contributed by atoms with van der Waals surface area (Å²) in [4.78, 5) is 4.00. The van der Waals surface area contributed by atoms with Crippen molar-refractivity contribution in [3.63, 3.8) is 0 Å². The van der Waals surface area contributed by atoms with Gasteiger partial charge in [-0.2, -0.15) is 4.98 Å². The molecule has 2 rings (SSSR count). The van der Waals surface area contributed by atoms with Gasteiger partial charge in [0.15, 0.2) is 0 Å². The van der Waals surface area contributed by atoms with Crippen LogP contribution < -0.4 is 5.73 Å². The summed E-state index contributed by atoms with van der Waals surface area (Å²) in [5.41, 5.74) is 6.20. The zero-order chi connectivity index (χ0) is 9.97. The first-order valence-corrected chi connectivity index (χ1v) is 4.04. The number of aliphatic hydroxyl groups excluding tert-OH is 1. The highest BCUT2D eigenvalue weighted by Gasteiger charge is 2.14. The van der Waals surface area contributed by atoms with Gasteiger partial charge in [0.2, 0.25) is 11.7 Å². The van der Waals surface area contributed by atoms with Crippen LogP contribution >= 0.6 is 0 Å². The second kappa shape index (κ2) is 3.60. The Kier molecular flexibility index (Phi) is 2.30. The van der Waals surface area contributed by atoms with Gasteiger partial charge in [-0.1, -0.05) is 5.16 Å². The lowest BCUT2D eigenvalue weighted by atomic mass is 10.3. The summed E-state index contributed by atoms with van der Waals surface area (Å²) in [6.07, 6.45) is 3.01. The van der Waals surface area contributed by atoms with Gasteiger partial charge in [-0.05, 0) is 6.07 Å². The van der Waals surface area contributed by atoms with E-state index in [9.17, 15) is 0 Å². The van der Waals surface area contributed by atoms with E-state index in [1.165, 1.54) is 12.5 Å². The highest BCUT2D eigenvalue weighted by atomic mass is 16.5. The zero-order valence-corrected chi connectivity index (χ0v) is 7.25. The lowest BCUT2D eigenvalue weighted by Crippen LogP contribution is -2.14. The minimum absolute atomic E-state index is 0.212. The molecule has 2 aromatic rings. The maximum atomic E-state index is 8.76.